The van der Waals surface area contributed by atoms with Gasteiger partial charge in [0.15, 0.2) is 0 Å². The Morgan fingerprint density at radius 3 is 1.13 bits per heavy atom. The van der Waals surface area contributed by atoms with Gasteiger partial charge in [-0.15, -0.1) is 0 Å². The molecule has 16 aromatic rings. The lowest BCUT2D eigenvalue weighted by molar-refractivity contribution is 0.465. The fourth-order valence-electron chi connectivity index (χ4n) is 18.7. The van der Waals surface area contributed by atoms with Crippen LogP contribution < -0.4 is 77.3 Å². The van der Waals surface area contributed by atoms with E-state index in [0.29, 0.717) is 0 Å². The highest BCUT2D eigenvalue weighted by molar-refractivity contribution is 8.00. The van der Waals surface area contributed by atoms with E-state index in [1.165, 1.54) is 38.5 Å². The van der Waals surface area contributed by atoms with E-state index in [1.54, 1.807) is 23.9 Å². The molecule has 0 saturated heterocycles. The number of benzene rings is 13. The number of fused-ring (bicyclic) bond motifs is 21. The van der Waals surface area contributed by atoms with Crippen molar-refractivity contribution in [2.75, 3.05) is 26.4 Å². The number of anilines is 6. The molecule has 0 aliphatic carbocycles. The van der Waals surface area contributed by atoms with E-state index < -0.39 is 0 Å². The molecule has 0 radical (unpaired) electrons. The maximum Gasteiger partial charge on any atom is 0.260 e. The molecule has 13 aromatic carbocycles. The van der Waals surface area contributed by atoms with Crippen molar-refractivity contribution in [1.82, 2.24) is 0 Å². The van der Waals surface area contributed by atoms with E-state index in [-0.39, 0.29) is 36.4 Å². The van der Waals surface area contributed by atoms with E-state index in [2.05, 4.69) is 307 Å². The summed E-state index contributed by atoms with van der Waals surface area (Å²) in [4.78, 5) is 0. The second-order valence-corrected chi connectivity index (χ2v) is 34.1. The molecule has 6 aliphatic heterocycles. The largest absolute Gasteiger partial charge is 0.458 e. The van der Waals surface area contributed by atoms with Crippen LogP contribution in [0.2, 0.25) is 0 Å². The second-order valence-electron chi connectivity index (χ2n) is 32.6. The van der Waals surface area contributed by atoms with Crippen molar-refractivity contribution in [3.63, 3.8) is 0 Å². The van der Waals surface area contributed by atoms with Crippen LogP contribution in [0.15, 0.2) is 232 Å². The van der Waals surface area contributed by atoms with Gasteiger partial charge in [0.2, 0.25) is 0 Å². The van der Waals surface area contributed by atoms with E-state index in [9.17, 15) is 0 Å². The van der Waals surface area contributed by atoms with Crippen LogP contribution in [0.25, 0.3) is 99.2 Å². The van der Waals surface area contributed by atoms with Gasteiger partial charge in [-0.05, 0) is 155 Å². The number of hydrogen-bond acceptors (Lipinski definition) is 11. The number of nitrogens with one attached hydrogen (secondary N) is 1. The first-order valence-electron chi connectivity index (χ1n) is 36.8. The van der Waals surface area contributed by atoms with Gasteiger partial charge < -0.3 is 32.8 Å². The van der Waals surface area contributed by atoms with Gasteiger partial charge in [-0.1, -0.05) is 220 Å². The third-order valence-corrected chi connectivity index (χ3v) is 24.9. The lowest BCUT2D eigenvalue weighted by Crippen LogP contribution is -2.65. The molecule has 510 valence electrons. The van der Waals surface area contributed by atoms with Gasteiger partial charge in [-0.25, -0.2) is 0 Å². The highest BCUT2D eigenvalue weighted by atomic mass is 32.2. The quantitative estimate of drug-likeness (QED) is 0.132. The Morgan fingerprint density at radius 2 is 0.670 bits per heavy atom. The molecule has 0 bridgehead atoms. The third-order valence-electron chi connectivity index (χ3n) is 23.4. The first kappa shape index (κ1) is 62.3. The Hall–Kier alpha value is -11.0. The van der Waals surface area contributed by atoms with E-state index in [4.69, 9.17) is 27.5 Å². The number of ether oxygens (including phenoxy) is 3. The SMILES string of the molecule is CSN1c2cc3c(cc2B2c4cc5c(cc4N(SC)c4cc(-c6cccc7c6oc6c(C(C)(C)C)cccc67)cc1c42)Oc1cc(-c2cccc4c2oc2c(C(C)(C)C)cccc24)cc2c1B5c1ccccc1O2)B1c2ccccc2Oc2cc(-c4cccc5c4oc4c(C(C)(C)C)cccc45)cc(c21)N3. The molecule has 0 spiro atoms. The summed E-state index contributed by atoms with van der Waals surface area (Å²) in [7, 11) is 0. The predicted molar refractivity (Wildman–Crippen MR) is 448 cm³/mol. The Balaban J connectivity index is 0.764. The van der Waals surface area contributed by atoms with Gasteiger partial charge >= 0.3 is 0 Å². The zero-order chi connectivity index (χ0) is 71.5. The van der Waals surface area contributed by atoms with E-state index >= 15 is 0 Å². The fourth-order valence-corrected chi connectivity index (χ4v) is 20.1. The van der Waals surface area contributed by atoms with Crippen LogP contribution in [-0.4, -0.2) is 32.6 Å². The number of hydrogen-bond donors (Lipinski definition) is 1. The molecule has 0 saturated carbocycles. The minimum Gasteiger partial charge on any atom is -0.458 e. The van der Waals surface area contributed by atoms with Gasteiger partial charge in [0.1, 0.15) is 68.0 Å². The van der Waals surface area contributed by atoms with Gasteiger partial charge in [-0.3, -0.25) is 8.61 Å². The topological polar surface area (TPSA) is 85.6 Å². The van der Waals surface area contributed by atoms with Crippen LogP contribution >= 0.6 is 23.9 Å². The second kappa shape index (κ2) is 21.8. The molecule has 14 heteroatoms. The Labute approximate surface area is 624 Å². The Kier molecular flexibility index (Phi) is 12.8. The first-order valence-corrected chi connectivity index (χ1v) is 39.1. The third kappa shape index (κ3) is 8.68. The molecule has 6 aliphatic rings. The molecular weight excluding hydrogens is 1340 g/mol. The monoisotopic (exact) mass is 1410 g/mol. The van der Waals surface area contributed by atoms with Crippen LogP contribution in [0.1, 0.15) is 79.0 Å². The summed E-state index contributed by atoms with van der Waals surface area (Å²) in [6.07, 6.45) is 4.42. The van der Waals surface area contributed by atoms with Gasteiger partial charge in [-0.2, -0.15) is 0 Å². The van der Waals surface area contributed by atoms with Crippen LogP contribution in [0.4, 0.5) is 34.1 Å². The normalized spacial score (nSPS) is 14.3. The minimum absolute atomic E-state index is 0.118. The zero-order valence-electron chi connectivity index (χ0n) is 60.7. The molecule has 0 atom stereocenters. The molecule has 106 heavy (non-hydrogen) atoms. The molecule has 3 aromatic heterocycles. The summed E-state index contributed by atoms with van der Waals surface area (Å²) < 4.78 is 48.2. The summed E-state index contributed by atoms with van der Waals surface area (Å²) >= 11 is 3.47. The predicted octanol–water partition coefficient (Wildman–Crippen LogP) is 19.7. The van der Waals surface area contributed by atoms with Crippen molar-refractivity contribution >= 4 is 193 Å². The molecule has 0 unspecified atom stereocenters. The number of nitrogens with zero attached hydrogens (tertiary/aromatic N) is 2. The van der Waals surface area contributed by atoms with Crippen LogP contribution in [-0.2, 0) is 16.2 Å². The molecule has 22 rings (SSSR count). The van der Waals surface area contributed by atoms with Gasteiger partial charge in [0.25, 0.3) is 20.1 Å². The summed E-state index contributed by atoms with van der Waals surface area (Å²) in [6, 6.07) is 80.3. The van der Waals surface area contributed by atoms with Crippen molar-refractivity contribution in [1.29, 1.82) is 0 Å². The highest BCUT2D eigenvalue weighted by Crippen LogP contribution is 2.52. The summed E-state index contributed by atoms with van der Waals surface area (Å²) in [5, 5.41) is 10.7. The number of furan rings is 3. The average molecular weight is 1410 g/mol. The van der Waals surface area contributed by atoms with Crippen molar-refractivity contribution in [3.8, 4) is 67.9 Å². The van der Waals surface area contributed by atoms with Gasteiger partial charge in [0.05, 0.1) is 17.1 Å². The standard InChI is InChI=1S/C92H70B3N3O6S2/c1-90(2,3)60-31-19-28-57-54-25-16-22-51(84(54)102-87(57)60)48-38-70-81-78(41-48)99-75-36-14-12-34-63(75)93(81)65-44-66-71(46-69(65)96-70)97(105-10)73-39-49(52-23-17-26-55-58-29-20-32-61(91(4,5)6)88(58)103-85(52)55)40-74-82(73)95(66)67-45-68-77(47-72(67)98(74)106-11)101-80-43-50(42-79-83(80)94(68)64-35-13-15-37-76(64)100-79)53-24-18-27-56-59-30-21-33-62(92(7,8)9)89(59)104-86(53)56/h12-47,96H,1-11H3. The molecule has 9 nitrogen and oxygen atoms in total. The smallest absolute Gasteiger partial charge is 0.260 e. The summed E-state index contributed by atoms with van der Waals surface area (Å²) in [6.45, 7) is 19.7. The van der Waals surface area contributed by atoms with E-state index in [0.717, 1.165) is 195 Å². The number of rotatable bonds is 5. The lowest BCUT2D eigenvalue weighted by atomic mass is 9.29. The van der Waals surface area contributed by atoms with Crippen LogP contribution in [0, 0.1) is 0 Å². The maximum atomic E-state index is 7.58. The highest BCUT2D eigenvalue weighted by Gasteiger charge is 2.49. The molecular formula is C92H70B3N3O6S2. The average Bonchev–Trinajstić information content (AvgIpc) is 0.876. The minimum atomic E-state index is -0.245. The van der Waals surface area contributed by atoms with Crippen molar-refractivity contribution in [2.45, 2.75) is 78.6 Å². The number of para-hydroxylation sites is 8. The first-order chi connectivity index (χ1) is 51.3. The van der Waals surface area contributed by atoms with Crippen LogP contribution in [0.3, 0.4) is 0 Å². The Morgan fingerprint density at radius 1 is 0.292 bits per heavy atom. The summed E-state index contributed by atoms with van der Waals surface area (Å²) in [5.74, 6) is 4.83. The Bertz CT molecular complexity index is 6320. The van der Waals surface area contributed by atoms with Crippen LogP contribution in [0.5, 0.6) is 34.5 Å². The lowest BCUT2D eigenvalue weighted by Gasteiger charge is -2.44. The van der Waals surface area contributed by atoms with E-state index in [1.807, 2.05) is 0 Å². The van der Waals surface area contributed by atoms with Crippen molar-refractivity contribution < 1.29 is 27.5 Å². The molecule has 1 N–H and O–H groups in total. The molecule has 9 heterocycles. The van der Waals surface area contributed by atoms with Crippen molar-refractivity contribution in [3.05, 3.63) is 235 Å². The zero-order valence-corrected chi connectivity index (χ0v) is 62.3. The van der Waals surface area contributed by atoms with Gasteiger partial charge in [0, 0.05) is 107 Å². The van der Waals surface area contributed by atoms with Crippen molar-refractivity contribution in [2.24, 2.45) is 0 Å². The molecule has 0 fully saturated rings. The summed E-state index contributed by atoms with van der Waals surface area (Å²) in [5.41, 5.74) is 31.3. The molecule has 0 amide bonds. The maximum absolute atomic E-state index is 7.58. The fraction of sp³-hybridized carbons (Fsp3) is 0.152.